The quantitative estimate of drug-likeness (QED) is 0.184. The molecule has 174 valence electrons. The Morgan fingerprint density at radius 3 is 2.52 bits per heavy atom. The van der Waals surface area contributed by atoms with Crippen molar-refractivity contribution >= 4 is 68.9 Å². The van der Waals surface area contributed by atoms with Gasteiger partial charge in [0.15, 0.2) is 5.11 Å². The number of hydrogen-bond donors (Lipinski definition) is 3. The Kier molecular flexibility index (Phi) is 13.3. The van der Waals surface area contributed by atoms with Crippen LogP contribution < -0.4 is 20.1 Å². The third kappa shape index (κ3) is 10.2. The zero-order chi connectivity index (χ0) is 23.4. The maximum absolute atomic E-state index is 12.8. The summed E-state index contributed by atoms with van der Waals surface area (Å²) in [5, 5.41) is 5.33. The first-order valence-corrected chi connectivity index (χ1v) is 11.7. The molecule has 0 heterocycles. The van der Waals surface area contributed by atoms with E-state index < -0.39 is 10.0 Å². The van der Waals surface area contributed by atoms with Crippen LogP contribution in [0.3, 0.4) is 0 Å². The predicted molar refractivity (Wildman–Crippen MR) is 135 cm³/mol. The molecule has 0 fully saturated rings. The number of thiocarbonyl (C=S) groups is 1. The topological polar surface area (TPSA) is 106 Å². The Morgan fingerprint density at radius 2 is 1.85 bits per heavy atom. The average molecular weight is 502 g/mol. The van der Waals surface area contributed by atoms with Gasteiger partial charge in [0.05, 0.1) is 6.61 Å². The Balaban J connectivity index is 0.00000544. The number of carbonyl (C=O) groups excluding carboxylic acids is 1. The van der Waals surface area contributed by atoms with Gasteiger partial charge in [-0.1, -0.05) is 36.4 Å². The predicted octanol–water partition coefficient (Wildman–Crippen LogP) is 1.22. The molecular weight excluding hydrogens is 473 g/mol. The van der Waals surface area contributed by atoms with E-state index in [0.717, 1.165) is 5.56 Å². The number of ether oxygens (including phenoxy) is 2. The van der Waals surface area contributed by atoms with Gasteiger partial charge in [0.1, 0.15) is 17.3 Å². The van der Waals surface area contributed by atoms with Crippen molar-refractivity contribution in [2.45, 2.75) is 11.3 Å². The van der Waals surface area contributed by atoms with E-state index in [0.29, 0.717) is 25.1 Å². The van der Waals surface area contributed by atoms with Crippen LogP contribution in [0.4, 0.5) is 0 Å². The van der Waals surface area contributed by atoms with E-state index in [1.807, 2.05) is 30.3 Å². The number of methoxy groups -OCH3 is 1. The molecule has 8 nitrogen and oxygen atoms in total. The van der Waals surface area contributed by atoms with E-state index >= 15 is 0 Å². The van der Waals surface area contributed by atoms with Gasteiger partial charge in [-0.25, -0.2) is 8.42 Å². The molecule has 0 aliphatic rings. The van der Waals surface area contributed by atoms with Gasteiger partial charge in [-0.2, -0.15) is 0 Å². The van der Waals surface area contributed by atoms with Gasteiger partial charge < -0.3 is 20.1 Å². The molecular formula is C22H28N3NaO5S2. The molecule has 0 atom stereocenters. The summed E-state index contributed by atoms with van der Waals surface area (Å²) >= 11 is 4.93. The van der Waals surface area contributed by atoms with Gasteiger partial charge in [0, 0.05) is 26.8 Å². The molecule has 2 aromatic rings. The summed E-state index contributed by atoms with van der Waals surface area (Å²) in [6.07, 6.45) is 3.62. The SMILES string of the molecule is CNC(=S)NS(=O)(=O)c1cc(CCNC(=O)C=Cc2ccccc2)ccc1OCCOC.[NaH]. The summed E-state index contributed by atoms with van der Waals surface area (Å²) in [7, 11) is -0.912. The van der Waals surface area contributed by atoms with Crippen molar-refractivity contribution in [3.05, 3.63) is 65.7 Å². The number of rotatable bonds is 11. The van der Waals surface area contributed by atoms with E-state index in [9.17, 15) is 13.2 Å². The Hall–Kier alpha value is -1.95. The molecule has 33 heavy (non-hydrogen) atoms. The van der Waals surface area contributed by atoms with Crippen molar-refractivity contribution in [2.75, 3.05) is 33.9 Å². The minimum atomic E-state index is -3.96. The van der Waals surface area contributed by atoms with Gasteiger partial charge in [-0.3, -0.25) is 9.52 Å². The normalized spacial score (nSPS) is 10.8. The van der Waals surface area contributed by atoms with Crippen LogP contribution in [0.5, 0.6) is 5.75 Å². The fraction of sp³-hybridized carbons (Fsp3) is 0.273. The van der Waals surface area contributed by atoms with Crippen LogP contribution in [-0.2, 0) is 26.0 Å². The fourth-order valence-corrected chi connectivity index (χ4v) is 4.11. The maximum atomic E-state index is 12.8. The van der Waals surface area contributed by atoms with E-state index in [-0.39, 0.29) is 57.8 Å². The molecule has 0 saturated carbocycles. The monoisotopic (exact) mass is 501 g/mol. The van der Waals surface area contributed by atoms with Crippen LogP contribution in [-0.4, -0.2) is 82.9 Å². The van der Waals surface area contributed by atoms with E-state index in [1.54, 1.807) is 18.2 Å². The van der Waals surface area contributed by atoms with Gasteiger partial charge in [0.25, 0.3) is 10.0 Å². The minimum absolute atomic E-state index is 0. The summed E-state index contributed by atoms with van der Waals surface area (Å²) in [5.74, 6) is -0.0470. The first kappa shape index (κ1) is 29.1. The van der Waals surface area contributed by atoms with Crippen molar-refractivity contribution in [2.24, 2.45) is 0 Å². The molecule has 1 amide bonds. The molecule has 0 aliphatic heterocycles. The van der Waals surface area contributed by atoms with Gasteiger partial charge in [-0.15, -0.1) is 0 Å². The van der Waals surface area contributed by atoms with Gasteiger partial charge >= 0.3 is 29.6 Å². The van der Waals surface area contributed by atoms with Crippen molar-refractivity contribution in [1.82, 2.24) is 15.4 Å². The number of nitrogens with one attached hydrogen (secondary N) is 3. The first-order chi connectivity index (χ1) is 15.4. The van der Waals surface area contributed by atoms with Crippen molar-refractivity contribution in [3.63, 3.8) is 0 Å². The fourth-order valence-electron chi connectivity index (χ4n) is 2.63. The number of benzene rings is 2. The van der Waals surface area contributed by atoms with Crippen LogP contribution in [0.25, 0.3) is 6.08 Å². The molecule has 0 aromatic heterocycles. The second kappa shape index (κ2) is 15.0. The Bertz CT molecular complexity index is 1050. The van der Waals surface area contributed by atoms with E-state index in [2.05, 4.69) is 15.4 Å². The standard InChI is InChI=1S/C22H27N3O5S2.Na.H/c1-23-22(31)25-32(27,28)20-16-18(8-10-19(20)30-15-14-29-2)12-13-24-21(26)11-9-17-6-4-3-5-7-17;;/h3-11,16H,12-15H2,1-2H3,(H,24,26)(H2,23,25,31);;. The summed E-state index contributed by atoms with van der Waals surface area (Å²) in [4.78, 5) is 12.0. The molecule has 0 radical (unpaired) electrons. The van der Waals surface area contributed by atoms with Crippen LogP contribution in [0.1, 0.15) is 11.1 Å². The number of hydrogen-bond acceptors (Lipinski definition) is 6. The molecule has 11 heteroatoms. The summed E-state index contributed by atoms with van der Waals surface area (Å²) in [6, 6.07) is 14.3. The molecule has 2 rings (SSSR count). The molecule has 0 bridgehead atoms. The second-order valence-corrected chi connectivity index (χ2v) is 8.65. The third-order valence-electron chi connectivity index (χ3n) is 4.24. The van der Waals surface area contributed by atoms with Crippen molar-refractivity contribution in [1.29, 1.82) is 0 Å². The zero-order valence-corrected chi connectivity index (χ0v) is 19.6. The van der Waals surface area contributed by atoms with Gasteiger partial charge in [0.2, 0.25) is 5.91 Å². The van der Waals surface area contributed by atoms with Crippen LogP contribution in [0, 0.1) is 0 Å². The molecule has 0 unspecified atom stereocenters. The molecule has 0 saturated heterocycles. The van der Waals surface area contributed by atoms with Crippen LogP contribution in [0.2, 0.25) is 0 Å². The van der Waals surface area contributed by atoms with Crippen LogP contribution in [0.15, 0.2) is 59.5 Å². The third-order valence-corrected chi connectivity index (χ3v) is 6.04. The van der Waals surface area contributed by atoms with E-state index in [1.165, 1.54) is 26.3 Å². The van der Waals surface area contributed by atoms with E-state index in [4.69, 9.17) is 21.7 Å². The molecule has 0 aliphatic carbocycles. The molecule has 2 aromatic carbocycles. The summed E-state index contributed by atoms with van der Waals surface area (Å²) in [6.45, 7) is 0.842. The second-order valence-electron chi connectivity index (χ2n) is 6.59. The number of carbonyl (C=O) groups is 1. The van der Waals surface area contributed by atoms with Crippen molar-refractivity contribution < 1.29 is 22.7 Å². The first-order valence-electron chi connectivity index (χ1n) is 9.86. The average Bonchev–Trinajstić information content (AvgIpc) is 2.79. The Morgan fingerprint density at radius 1 is 1.12 bits per heavy atom. The van der Waals surface area contributed by atoms with Crippen LogP contribution >= 0.6 is 12.2 Å². The zero-order valence-electron chi connectivity index (χ0n) is 18.0. The van der Waals surface area contributed by atoms with Gasteiger partial charge in [-0.05, 0) is 48.0 Å². The summed E-state index contributed by atoms with van der Waals surface area (Å²) in [5.41, 5.74) is 1.64. The number of amides is 1. The molecule has 3 N–H and O–H groups in total. The Labute approximate surface area is 222 Å². The summed E-state index contributed by atoms with van der Waals surface area (Å²) < 4.78 is 38.4. The number of sulfonamides is 1. The van der Waals surface area contributed by atoms with Crippen molar-refractivity contribution in [3.8, 4) is 5.75 Å². The molecule has 0 spiro atoms.